The molecule has 0 spiro atoms. The van der Waals surface area contributed by atoms with Gasteiger partial charge in [-0.25, -0.2) is 4.39 Å². The van der Waals surface area contributed by atoms with Gasteiger partial charge in [0.1, 0.15) is 16.9 Å². The van der Waals surface area contributed by atoms with Gasteiger partial charge in [-0.2, -0.15) is 4.80 Å². The molecule has 4 rings (SSSR count). The van der Waals surface area contributed by atoms with E-state index in [-0.39, 0.29) is 23.3 Å². The molecule has 30 heavy (non-hydrogen) atoms. The Balaban J connectivity index is 1.48. The van der Waals surface area contributed by atoms with Crippen LogP contribution in [0.1, 0.15) is 11.1 Å². The van der Waals surface area contributed by atoms with Gasteiger partial charge < -0.3 is 10.6 Å². The molecule has 0 aliphatic heterocycles. The Bertz CT molecular complexity index is 1220. The number of rotatable bonds is 4. The first-order chi connectivity index (χ1) is 14.5. The van der Waals surface area contributed by atoms with Gasteiger partial charge in [0.05, 0.1) is 12.1 Å². The van der Waals surface area contributed by atoms with Crippen LogP contribution in [0.2, 0.25) is 0 Å². The van der Waals surface area contributed by atoms with Crippen LogP contribution in [0.4, 0.5) is 10.1 Å². The summed E-state index contributed by atoms with van der Waals surface area (Å²) in [6.45, 7) is 1.91. The van der Waals surface area contributed by atoms with E-state index in [2.05, 4.69) is 20.8 Å². The number of hydrogen-bond acceptors (Lipinski definition) is 4. The van der Waals surface area contributed by atoms with E-state index in [1.807, 2.05) is 49.4 Å². The van der Waals surface area contributed by atoms with E-state index in [1.165, 1.54) is 16.9 Å². The van der Waals surface area contributed by atoms with Crippen LogP contribution >= 0.6 is 12.2 Å². The summed E-state index contributed by atoms with van der Waals surface area (Å²) >= 11 is 5.29. The second-order valence-electron chi connectivity index (χ2n) is 6.79. The lowest BCUT2D eigenvalue weighted by atomic mass is 10.1. The van der Waals surface area contributed by atoms with E-state index in [9.17, 15) is 9.18 Å². The third kappa shape index (κ3) is 4.49. The molecule has 150 valence electrons. The van der Waals surface area contributed by atoms with Gasteiger partial charge in [0.25, 0.3) is 0 Å². The molecule has 6 nitrogen and oxygen atoms in total. The lowest BCUT2D eigenvalue weighted by Gasteiger charge is -2.11. The molecule has 4 aromatic rings. The molecule has 0 saturated heterocycles. The molecule has 0 atom stereocenters. The summed E-state index contributed by atoms with van der Waals surface area (Å²) in [6.07, 6.45) is 0.243. The van der Waals surface area contributed by atoms with E-state index < -0.39 is 0 Å². The molecule has 0 fully saturated rings. The maximum atomic E-state index is 13.1. The zero-order valence-electron chi connectivity index (χ0n) is 16.1. The third-order valence-corrected chi connectivity index (χ3v) is 4.70. The Morgan fingerprint density at radius 1 is 1.03 bits per heavy atom. The molecule has 3 aromatic carbocycles. The van der Waals surface area contributed by atoms with Gasteiger partial charge in [-0.15, -0.1) is 10.2 Å². The number of halogens is 1. The Kier molecular flexibility index (Phi) is 5.49. The minimum absolute atomic E-state index is 0.195. The lowest BCUT2D eigenvalue weighted by Crippen LogP contribution is -2.35. The second kappa shape index (κ2) is 8.38. The maximum absolute atomic E-state index is 13.1. The van der Waals surface area contributed by atoms with Crippen molar-refractivity contribution < 1.29 is 9.18 Å². The van der Waals surface area contributed by atoms with Crippen LogP contribution in [0.3, 0.4) is 0 Å². The van der Waals surface area contributed by atoms with Crippen LogP contribution in [-0.4, -0.2) is 26.0 Å². The van der Waals surface area contributed by atoms with Crippen molar-refractivity contribution in [2.45, 2.75) is 13.3 Å². The average molecular weight is 419 g/mol. The van der Waals surface area contributed by atoms with Crippen molar-refractivity contribution in [1.82, 2.24) is 20.3 Å². The summed E-state index contributed by atoms with van der Waals surface area (Å²) in [5.41, 5.74) is 4.52. The predicted molar refractivity (Wildman–Crippen MR) is 118 cm³/mol. The van der Waals surface area contributed by atoms with Crippen LogP contribution in [0.5, 0.6) is 0 Å². The highest BCUT2D eigenvalue weighted by Gasteiger charge is 2.11. The summed E-state index contributed by atoms with van der Waals surface area (Å²) in [6, 6.07) is 19.1. The molecular weight excluding hydrogens is 401 g/mol. The van der Waals surface area contributed by atoms with Gasteiger partial charge in [-0.1, -0.05) is 30.3 Å². The highest BCUT2D eigenvalue weighted by molar-refractivity contribution is 7.80. The van der Waals surface area contributed by atoms with Gasteiger partial charge in [-0.3, -0.25) is 4.79 Å². The summed E-state index contributed by atoms with van der Waals surface area (Å²) in [7, 11) is 0. The lowest BCUT2D eigenvalue weighted by molar-refractivity contribution is -0.119. The molecule has 0 aliphatic rings. The predicted octanol–water partition coefficient (Wildman–Crippen LogP) is 3.92. The number of hydrogen-bond donors (Lipinski definition) is 2. The number of anilines is 1. The van der Waals surface area contributed by atoms with Crippen molar-refractivity contribution >= 4 is 40.0 Å². The third-order valence-electron chi connectivity index (χ3n) is 4.49. The number of carbonyl (C=O) groups excluding carboxylic acids is 1. The largest absolute Gasteiger partial charge is 0.332 e. The standard InChI is InChI=1S/C22H18FN5OS/c1-14-11-19-20(27-28(26-19)17-9-7-16(23)8-10-17)13-18(14)24-22(30)25-21(29)12-15-5-3-2-4-6-15/h2-11,13H,12H2,1H3,(H2,24,25,29,30). The Morgan fingerprint density at radius 3 is 2.40 bits per heavy atom. The van der Waals surface area contributed by atoms with Crippen LogP contribution in [-0.2, 0) is 11.2 Å². The first-order valence-corrected chi connectivity index (χ1v) is 9.67. The number of amides is 1. The molecule has 0 bridgehead atoms. The molecule has 1 amide bonds. The normalized spacial score (nSPS) is 10.7. The van der Waals surface area contributed by atoms with E-state index in [1.54, 1.807) is 12.1 Å². The fourth-order valence-corrected chi connectivity index (χ4v) is 3.22. The van der Waals surface area contributed by atoms with Gasteiger partial charge >= 0.3 is 0 Å². The number of carbonyl (C=O) groups is 1. The monoisotopic (exact) mass is 419 g/mol. The number of fused-ring (bicyclic) bond motifs is 1. The van der Waals surface area contributed by atoms with Crippen LogP contribution < -0.4 is 10.6 Å². The molecular formula is C22H18FN5OS. The molecule has 0 saturated carbocycles. The minimum Gasteiger partial charge on any atom is -0.332 e. The number of thiocarbonyl (C=S) groups is 1. The van der Waals surface area contributed by atoms with Gasteiger partial charge in [-0.05, 0) is 66.7 Å². The minimum atomic E-state index is -0.319. The van der Waals surface area contributed by atoms with E-state index in [0.29, 0.717) is 16.7 Å². The average Bonchev–Trinajstić information content (AvgIpc) is 3.12. The van der Waals surface area contributed by atoms with E-state index in [4.69, 9.17) is 12.2 Å². The van der Waals surface area contributed by atoms with Crippen LogP contribution in [0.25, 0.3) is 16.7 Å². The highest BCUT2D eigenvalue weighted by atomic mass is 32.1. The van der Waals surface area contributed by atoms with Crippen molar-refractivity contribution in [1.29, 1.82) is 0 Å². The molecule has 8 heteroatoms. The molecule has 0 aliphatic carbocycles. The van der Waals surface area contributed by atoms with Gasteiger partial charge in [0.2, 0.25) is 5.91 Å². The van der Waals surface area contributed by atoms with Crippen LogP contribution in [0, 0.1) is 12.7 Å². The molecule has 1 heterocycles. The van der Waals surface area contributed by atoms with Gasteiger partial charge in [0.15, 0.2) is 5.11 Å². The first-order valence-electron chi connectivity index (χ1n) is 9.26. The summed E-state index contributed by atoms with van der Waals surface area (Å²) < 4.78 is 13.1. The molecule has 0 unspecified atom stereocenters. The Labute approximate surface area is 177 Å². The second-order valence-corrected chi connectivity index (χ2v) is 7.19. The smallest absolute Gasteiger partial charge is 0.230 e. The van der Waals surface area contributed by atoms with Crippen LogP contribution in [0.15, 0.2) is 66.7 Å². The number of aryl methyl sites for hydroxylation is 1. The summed E-state index contributed by atoms with van der Waals surface area (Å²) in [5, 5.41) is 14.8. The topological polar surface area (TPSA) is 71.8 Å². The van der Waals surface area contributed by atoms with Crippen molar-refractivity contribution in [3.63, 3.8) is 0 Å². The fraction of sp³-hybridized carbons (Fsp3) is 0.0909. The van der Waals surface area contributed by atoms with E-state index in [0.717, 1.165) is 16.8 Å². The number of benzene rings is 3. The number of nitrogens with one attached hydrogen (secondary N) is 2. The SMILES string of the molecule is Cc1cc2nn(-c3ccc(F)cc3)nc2cc1NC(=S)NC(=O)Cc1ccccc1. The van der Waals surface area contributed by atoms with Crippen molar-refractivity contribution in [3.8, 4) is 5.69 Å². The number of aromatic nitrogens is 3. The summed E-state index contributed by atoms with van der Waals surface area (Å²) in [4.78, 5) is 13.7. The zero-order chi connectivity index (χ0) is 21.1. The Hall–Kier alpha value is -3.65. The van der Waals surface area contributed by atoms with E-state index >= 15 is 0 Å². The first kappa shape index (κ1) is 19.7. The van der Waals surface area contributed by atoms with Crippen molar-refractivity contribution in [3.05, 3.63) is 83.7 Å². The summed E-state index contributed by atoms with van der Waals surface area (Å²) in [5.74, 6) is -0.514. The fourth-order valence-electron chi connectivity index (χ4n) is 3.00. The molecule has 0 radical (unpaired) electrons. The van der Waals surface area contributed by atoms with Crippen molar-refractivity contribution in [2.24, 2.45) is 0 Å². The zero-order valence-corrected chi connectivity index (χ0v) is 16.9. The quantitative estimate of drug-likeness (QED) is 0.491. The Morgan fingerprint density at radius 2 is 1.70 bits per heavy atom. The maximum Gasteiger partial charge on any atom is 0.230 e. The highest BCUT2D eigenvalue weighted by Crippen LogP contribution is 2.22. The number of nitrogens with zero attached hydrogens (tertiary/aromatic N) is 3. The molecule has 1 aromatic heterocycles. The van der Waals surface area contributed by atoms with Gasteiger partial charge in [0, 0.05) is 5.69 Å². The molecule has 2 N–H and O–H groups in total. The van der Waals surface area contributed by atoms with Crippen molar-refractivity contribution in [2.75, 3.05) is 5.32 Å².